The van der Waals surface area contributed by atoms with E-state index in [1.165, 1.54) is 17.6 Å². The molecule has 9 heteroatoms. The van der Waals surface area contributed by atoms with Gasteiger partial charge >= 0.3 is 0 Å². The van der Waals surface area contributed by atoms with E-state index in [0.717, 1.165) is 5.56 Å². The summed E-state index contributed by atoms with van der Waals surface area (Å²) in [6.45, 7) is 2.10. The Morgan fingerprint density at radius 1 is 1.25 bits per heavy atom. The van der Waals surface area contributed by atoms with E-state index in [-0.39, 0.29) is 36.8 Å². The van der Waals surface area contributed by atoms with Crippen LogP contribution in [0.5, 0.6) is 11.5 Å². The van der Waals surface area contributed by atoms with E-state index in [2.05, 4.69) is 15.6 Å². The van der Waals surface area contributed by atoms with Crippen molar-refractivity contribution in [3.63, 3.8) is 0 Å². The lowest BCUT2D eigenvalue weighted by Crippen LogP contribution is -2.28. The molecule has 0 aliphatic carbocycles. The lowest BCUT2D eigenvalue weighted by molar-refractivity contribution is -0.121. The van der Waals surface area contributed by atoms with E-state index in [0.29, 0.717) is 22.3 Å². The second-order valence-electron chi connectivity index (χ2n) is 6.15. The lowest BCUT2D eigenvalue weighted by atomic mass is 10.1. The number of anilines is 1. The van der Waals surface area contributed by atoms with Crippen LogP contribution in [0.1, 0.15) is 34.8 Å². The number of nitrogens with zero attached hydrogens (tertiary/aromatic N) is 1. The van der Waals surface area contributed by atoms with Gasteiger partial charge in [-0.2, -0.15) is 0 Å². The molecule has 3 aromatic rings. The Morgan fingerprint density at radius 3 is 2.93 bits per heavy atom. The molecule has 2 N–H and O–H groups in total. The van der Waals surface area contributed by atoms with Crippen molar-refractivity contribution >= 4 is 28.3 Å². The number of thiazole rings is 1. The molecule has 1 atom stereocenters. The van der Waals surface area contributed by atoms with Crippen molar-refractivity contribution < 1.29 is 23.5 Å². The Morgan fingerprint density at radius 2 is 2.11 bits per heavy atom. The van der Waals surface area contributed by atoms with Gasteiger partial charge < -0.3 is 19.2 Å². The summed E-state index contributed by atoms with van der Waals surface area (Å²) < 4.78 is 15.7. The first-order valence-corrected chi connectivity index (χ1v) is 9.44. The summed E-state index contributed by atoms with van der Waals surface area (Å²) in [6.07, 6.45) is 1.54. The van der Waals surface area contributed by atoms with Crippen LogP contribution in [0.4, 0.5) is 5.13 Å². The van der Waals surface area contributed by atoms with Gasteiger partial charge in [-0.25, -0.2) is 4.98 Å². The summed E-state index contributed by atoms with van der Waals surface area (Å²) in [5.41, 5.74) is 1.50. The second kappa shape index (κ2) is 7.73. The van der Waals surface area contributed by atoms with Crippen LogP contribution in [0, 0.1) is 0 Å². The summed E-state index contributed by atoms with van der Waals surface area (Å²) in [7, 11) is 0. The molecule has 4 rings (SSSR count). The normalized spacial score (nSPS) is 13.2. The lowest BCUT2D eigenvalue weighted by Gasteiger charge is -2.14. The van der Waals surface area contributed by atoms with E-state index in [9.17, 15) is 9.59 Å². The quantitative estimate of drug-likeness (QED) is 0.660. The van der Waals surface area contributed by atoms with Crippen LogP contribution in [0.3, 0.4) is 0 Å². The minimum atomic E-state index is -0.383. The van der Waals surface area contributed by atoms with Gasteiger partial charge in [0.25, 0.3) is 5.91 Å². The summed E-state index contributed by atoms with van der Waals surface area (Å²) in [4.78, 5) is 28.6. The minimum Gasteiger partial charge on any atom is -0.459 e. The number of nitrogens with one attached hydrogen (secondary N) is 2. The number of benzene rings is 1. The zero-order valence-corrected chi connectivity index (χ0v) is 15.7. The van der Waals surface area contributed by atoms with Crippen LogP contribution in [0.2, 0.25) is 0 Å². The Balaban J connectivity index is 1.32. The molecule has 1 aromatic carbocycles. The van der Waals surface area contributed by atoms with Crippen LogP contribution in [0.15, 0.2) is 46.4 Å². The van der Waals surface area contributed by atoms with Gasteiger partial charge in [0.05, 0.1) is 24.4 Å². The number of fused-ring (bicyclic) bond motifs is 1. The maximum Gasteiger partial charge on any atom is 0.293 e. The average Bonchev–Trinajstić information content (AvgIpc) is 3.42. The molecule has 2 amide bonds. The molecule has 0 saturated carbocycles. The predicted molar refractivity (Wildman–Crippen MR) is 102 cm³/mol. The number of carbonyl (C=O) groups is 2. The van der Waals surface area contributed by atoms with E-state index >= 15 is 0 Å². The minimum absolute atomic E-state index is 0.113. The molecule has 3 heterocycles. The third-order valence-electron chi connectivity index (χ3n) is 4.13. The number of rotatable bonds is 6. The van der Waals surface area contributed by atoms with Gasteiger partial charge in [-0.05, 0) is 36.8 Å². The molecule has 2 aromatic heterocycles. The molecule has 144 valence electrons. The summed E-state index contributed by atoms with van der Waals surface area (Å²) in [5.74, 6) is 1.03. The number of carbonyl (C=O) groups excluding carboxylic acids is 2. The number of amides is 2. The third kappa shape index (κ3) is 3.99. The fraction of sp³-hybridized carbons (Fsp3) is 0.211. The molecule has 8 nitrogen and oxygen atoms in total. The number of ether oxygens (including phenoxy) is 2. The average molecular weight is 399 g/mol. The number of hydrogen-bond acceptors (Lipinski definition) is 7. The molecule has 0 saturated heterocycles. The van der Waals surface area contributed by atoms with Gasteiger partial charge in [0, 0.05) is 5.38 Å². The Hall–Kier alpha value is -3.33. The van der Waals surface area contributed by atoms with E-state index < -0.39 is 0 Å². The summed E-state index contributed by atoms with van der Waals surface area (Å²) in [6, 6.07) is 8.58. The zero-order chi connectivity index (χ0) is 19.5. The van der Waals surface area contributed by atoms with E-state index in [1.807, 2.05) is 25.1 Å². The third-order valence-corrected chi connectivity index (χ3v) is 4.94. The molecular weight excluding hydrogens is 382 g/mol. The highest BCUT2D eigenvalue weighted by Crippen LogP contribution is 2.34. The standard InChI is InChI=1S/C19H17N3O5S/c1-11(12-4-5-14-16(7-12)27-10-26-14)20-17(23)8-13-9-28-19(21-13)22-18(24)15-3-2-6-25-15/h2-7,9,11H,8,10H2,1H3,(H,20,23)(H,21,22,24). The molecular formula is C19H17N3O5S. The molecule has 0 fully saturated rings. The molecule has 1 unspecified atom stereocenters. The van der Waals surface area contributed by atoms with Crippen LogP contribution in [0.25, 0.3) is 0 Å². The van der Waals surface area contributed by atoms with Crippen molar-refractivity contribution in [1.29, 1.82) is 0 Å². The first-order chi connectivity index (χ1) is 13.6. The van der Waals surface area contributed by atoms with Crippen molar-refractivity contribution in [3.8, 4) is 11.5 Å². The maximum absolute atomic E-state index is 12.3. The molecule has 0 bridgehead atoms. The maximum atomic E-state index is 12.3. The van der Waals surface area contributed by atoms with Crippen LogP contribution in [-0.4, -0.2) is 23.6 Å². The molecule has 1 aliphatic rings. The van der Waals surface area contributed by atoms with Crippen LogP contribution in [-0.2, 0) is 11.2 Å². The van der Waals surface area contributed by atoms with Crippen LogP contribution >= 0.6 is 11.3 Å². The SMILES string of the molecule is CC(NC(=O)Cc1csc(NC(=O)c2ccco2)n1)c1ccc2c(c1)OCO2. The van der Waals surface area contributed by atoms with Crippen molar-refractivity contribution in [1.82, 2.24) is 10.3 Å². The zero-order valence-electron chi connectivity index (χ0n) is 14.9. The topological polar surface area (TPSA) is 103 Å². The molecule has 0 radical (unpaired) electrons. The van der Waals surface area contributed by atoms with Gasteiger partial charge in [0.1, 0.15) is 0 Å². The van der Waals surface area contributed by atoms with Gasteiger partial charge in [-0.3, -0.25) is 14.9 Å². The van der Waals surface area contributed by atoms with E-state index in [1.54, 1.807) is 17.5 Å². The van der Waals surface area contributed by atoms with Crippen LogP contribution < -0.4 is 20.1 Å². The fourth-order valence-corrected chi connectivity index (χ4v) is 3.44. The van der Waals surface area contributed by atoms with Gasteiger partial charge in [0.2, 0.25) is 12.7 Å². The highest BCUT2D eigenvalue weighted by Gasteiger charge is 2.18. The molecule has 1 aliphatic heterocycles. The predicted octanol–water partition coefficient (Wildman–Crippen LogP) is 3.14. The Kier molecular flexibility index (Phi) is 4.98. The van der Waals surface area contributed by atoms with Crippen molar-refractivity contribution in [2.75, 3.05) is 12.1 Å². The highest BCUT2D eigenvalue weighted by molar-refractivity contribution is 7.14. The van der Waals surface area contributed by atoms with Crippen molar-refractivity contribution in [2.45, 2.75) is 19.4 Å². The Bertz CT molecular complexity index is 999. The molecule has 0 spiro atoms. The molecule has 28 heavy (non-hydrogen) atoms. The smallest absolute Gasteiger partial charge is 0.293 e. The Labute approximate surface area is 164 Å². The summed E-state index contributed by atoms with van der Waals surface area (Å²) >= 11 is 1.25. The fourth-order valence-electron chi connectivity index (χ4n) is 2.73. The van der Waals surface area contributed by atoms with Crippen molar-refractivity contribution in [2.24, 2.45) is 0 Å². The number of furan rings is 1. The van der Waals surface area contributed by atoms with Gasteiger partial charge in [0.15, 0.2) is 22.4 Å². The highest BCUT2D eigenvalue weighted by atomic mass is 32.1. The first kappa shape index (κ1) is 18.1. The van der Waals surface area contributed by atoms with E-state index in [4.69, 9.17) is 13.9 Å². The number of hydrogen-bond donors (Lipinski definition) is 2. The van der Waals surface area contributed by atoms with Gasteiger partial charge in [-0.15, -0.1) is 11.3 Å². The number of aromatic nitrogens is 1. The summed E-state index contributed by atoms with van der Waals surface area (Å²) in [5, 5.41) is 7.73. The largest absolute Gasteiger partial charge is 0.459 e. The first-order valence-electron chi connectivity index (χ1n) is 8.56. The van der Waals surface area contributed by atoms with Crippen molar-refractivity contribution in [3.05, 3.63) is 59.0 Å². The van der Waals surface area contributed by atoms with Gasteiger partial charge in [-0.1, -0.05) is 6.07 Å². The second-order valence-corrected chi connectivity index (χ2v) is 7.01. The monoisotopic (exact) mass is 399 g/mol.